The number of nitrogens with two attached hydrogens (primary N) is 1. The molecule has 0 bridgehead atoms. The Balaban J connectivity index is 1.71. The normalized spacial score (nSPS) is 14.4. The second kappa shape index (κ2) is 9.03. The lowest BCUT2D eigenvalue weighted by molar-refractivity contribution is 0.640. The van der Waals surface area contributed by atoms with Crippen molar-refractivity contribution >= 4 is 52.6 Å². The van der Waals surface area contributed by atoms with Gasteiger partial charge in [-0.15, -0.1) is 0 Å². The summed E-state index contributed by atoms with van der Waals surface area (Å²) in [5.41, 5.74) is 9.84. The Bertz CT molecular complexity index is 864. The van der Waals surface area contributed by atoms with Crippen molar-refractivity contribution in [1.29, 1.82) is 0 Å². The Morgan fingerprint density at radius 2 is 2.00 bits per heavy atom. The van der Waals surface area contributed by atoms with Crippen LogP contribution < -0.4 is 25.9 Å². The van der Waals surface area contributed by atoms with Crippen LogP contribution in [0.15, 0.2) is 35.6 Å². The van der Waals surface area contributed by atoms with Crippen LogP contribution in [-0.4, -0.2) is 61.6 Å². The topological polar surface area (TPSA) is 85.9 Å². The molecule has 1 fully saturated rings. The minimum absolute atomic E-state index is 0.109. The van der Waals surface area contributed by atoms with E-state index >= 15 is 0 Å². The number of thiocarbonyl (C=S) groups is 1. The molecule has 2 heterocycles. The third kappa shape index (κ3) is 4.99. The molecule has 1 aromatic heterocycles. The number of aromatic nitrogens is 2. The van der Waals surface area contributed by atoms with Gasteiger partial charge in [0.15, 0.2) is 5.11 Å². The maximum atomic E-state index is 6.11. The smallest absolute Gasteiger partial charge is 0.227 e. The molecule has 148 valence electrons. The number of piperazine rings is 1. The zero-order valence-electron chi connectivity index (χ0n) is 15.8. The van der Waals surface area contributed by atoms with Crippen molar-refractivity contribution in [2.45, 2.75) is 0 Å². The van der Waals surface area contributed by atoms with Gasteiger partial charge in [0.25, 0.3) is 0 Å². The number of hydrazone groups is 1. The number of rotatable bonds is 5. The van der Waals surface area contributed by atoms with Gasteiger partial charge in [-0.1, -0.05) is 17.7 Å². The van der Waals surface area contributed by atoms with Gasteiger partial charge in [-0.05, 0) is 30.4 Å². The second-order valence-corrected chi connectivity index (χ2v) is 7.41. The molecule has 0 unspecified atom stereocenters. The van der Waals surface area contributed by atoms with Crippen LogP contribution in [-0.2, 0) is 0 Å². The van der Waals surface area contributed by atoms with Gasteiger partial charge >= 0.3 is 0 Å². The lowest BCUT2D eigenvalue weighted by Crippen LogP contribution is -2.47. The van der Waals surface area contributed by atoms with E-state index in [0.29, 0.717) is 5.95 Å². The molecule has 0 saturated carbocycles. The van der Waals surface area contributed by atoms with Crippen LogP contribution in [0.3, 0.4) is 0 Å². The maximum Gasteiger partial charge on any atom is 0.227 e. The Hall–Kier alpha value is -2.65. The average molecular weight is 419 g/mol. The molecular formula is C18H23ClN8S. The fourth-order valence-corrected chi connectivity index (χ4v) is 3.21. The Kier molecular flexibility index (Phi) is 6.48. The third-order valence-electron chi connectivity index (χ3n) is 4.32. The van der Waals surface area contributed by atoms with Crippen LogP contribution in [0.25, 0.3) is 0 Å². The summed E-state index contributed by atoms with van der Waals surface area (Å²) in [6.07, 6.45) is 3.36. The lowest BCUT2D eigenvalue weighted by atomic mass is 10.2. The first kappa shape index (κ1) is 20.1. The van der Waals surface area contributed by atoms with E-state index in [1.807, 2.05) is 37.2 Å². The lowest BCUT2D eigenvalue weighted by Gasteiger charge is -2.36. The number of nitrogens with zero attached hydrogens (tertiary/aromatic N) is 6. The molecule has 2 aromatic rings. The quantitative estimate of drug-likeness (QED) is 0.431. The molecule has 1 saturated heterocycles. The van der Waals surface area contributed by atoms with Gasteiger partial charge in [-0.2, -0.15) is 10.1 Å². The highest BCUT2D eigenvalue weighted by Crippen LogP contribution is 2.23. The molecule has 0 radical (unpaired) electrons. The van der Waals surface area contributed by atoms with E-state index in [1.54, 1.807) is 12.4 Å². The number of hydrogen-bond donors (Lipinski definition) is 2. The van der Waals surface area contributed by atoms with Gasteiger partial charge in [0.2, 0.25) is 5.95 Å². The molecule has 0 aliphatic carbocycles. The standard InChI is InChI=1S/C18H23ClN8S/c1-25(2)16-13(12-22-24-17(20)28)11-21-18(23-16)27-8-6-26(7-9-27)15-5-3-4-14(19)10-15/h3-5,10-12H,6-9H2,1-2H3,(H3,20,24,28). The summed E-state index contributed by atoms with van der Waals surface area (Å²) >= 11 is 10.9. The van der Waals surface area contributed by atoms with Crippen molar-refractivity contribution in [3.05, 3.63) is 41.0 Å². The first-order valence-electron chi connectivity index (χ1n) is 8.82. The Labute approximate surface area is 175 Å². The van der Waals surface area contributed by atoms with Crippen LogP contribution in [0.2, 0.25) is 5.02 Å². The molecule has 1 aliphatic heterocycles. The van der Waals surface area contributed by atoms with Gasteiger partial charge in [-0.3, -0.25) is 5.43 Å². The van der Waals surface area contributed by atoms with Gasteiger partial charge in [0, 0.05) is 57.2 Å². The number of hydrogen-bond acceptors (Lipinski definition) is 7. The highest BCUT2D eigenvalue weighted by molar-refractivity contribution is 7.80. The van der Waals surface area contributed by atoms with Crippen LogP contribution in [0, 0.1) is 0 Å². The van der Waals surface area contributed by atoms with E-state index in [1.165, 1.54) is 0 Å². The molecule has 10 heteroatoms. The summed E-state index contributed by atoms with van der Waals surface area (Å²) < 4.78 is 0. The fraction of sp³-hybridized carbons (Fsp3) is 0.333. The Morgan fingerprint density at radius 1 is 1.29 bits per heavy atom. The van der Waals surface area contributed by atoms with Gasteiger partial charge < -0.3 is 20.4 Å². The van der Waals surface area contributed by atoms with Crippen molar-refractivity contribution in [3.63, 3.8) is 0 Å². The fourth-order valence-electron chi connectivity index (χ4n) is 2.98. The summed E-state index contributed by atoms with van der Waals surface area (Å²) in [7, 11) is 3.86. The van der Waals surface area contributed by atoms with Crippen molar-refractivity contribution in [1.82, 2.24) is 15.4 Å². The van der Waals surface area contributed by atoms with Crippen LogP contribution in [0.5, 0.6) is 0 Å². The van der Waals surface area contributed by atoms with E-state index in [2.05, 4.69) is 31.4 Å². The summed E-state index contributed by atoms with van der Waals surface area (Å²) in [6, 6.07) is 7.94. The van der Waals surface area contributed by atoms with E-state index in [-0.39, 0.29) is 5.11 Å². The molecule has 8 nitrogen and oxygen atoms in total. The first-order valence-corrected chi connectivity index (χ1v) is 9.61. The number of anilines is 3. The molecule has 1 aromatic carbocycles. The predicted molar refractivity (Wildman–Crippen MR) is 120 cm³/mol. The van der Waals surface area contributed by atoms with E-state index in [9.17, 15) is 0 Å². The van der Waals surface area contributed by atoms with Gasteiger partial charge in [0.05, 0.1) is 11.8 Å². The maximum absolute atomic E-state index is 6.11. The molecule has 0 amide bonds. The van der Waals surface area contributed by atoms with Crippen molar-refractivity contribution in [2.24, 2.45) is 10.8 Å². The summed E-state index contributed by atoms with van der Waals surface area (Å²) in [4.78, 5) is 15.7. The molecule has 0 atom stereocenters. The largest absolute Gasteiger partial charge is 0.375 e. The molecular weight excluding hydrogens is 396 g/mol. The SMILES string of the molecule is CN(C)c1nc(N2CCN(c3cccc(Cl)c3)CC2)ncc1C=NNC(N)=S. The molecule has 28 heavy (non-hydrogen) atoms. The van der Waals surface area contributed by atoms with Crippen LogP contribution >= 0.6 is 23.8 Å². The van der Waals surface area contributed by atoms with Gasteiger partial charge in [-0.25, -0.2) is 4.98 Å². The molecule has 1 aliphatic rings. The summed E-state index contributed by atoms with van der Waals surface area (Å²) in [5.74, 6) is 1.48. The summed E-state index contributed by atoms with van der Waals surface area (Å²) in [5, 5.41) is 4.86. The number of benzene rings is 1. The third-order valence-corrected chi connectivity index (χ3v) is 4.65. The highest BCUT2D eigenvalue weighted by atomic mass is 35.5. The van der Waals surface area contributed by atoms with E-state index in [0.717, 1.165) is 48.3 Å². The zero-order valence-corrected chi connectivity index (χ0v) is 17.4. The van der Waals surface area contributed by atoms with Crippen LogP contribution in [0.1, 0.15) is 5.56 Å². The van der Waals surface area contributed by atoms with Crippen molar-refractivity contribution in [3.8, 4) is 0 Å². The number of halogens is 1. The molecule has 3 rings (SSSR count). The predicted octanol–water partition coefficient (Wildman–Crippen LogP) is 1.69. The second-order valence-electron chi connectivity index (χ2n) is 6.53. The van der Waals surface area contributed by atoms with Gasteiger partial charge in [0.1, 0.15) is 5.82 Å². The Morgan fingerprint density at radius 3 is 2.64 bits per heavy atom. The van der Waals surface area contributed by atoms with Crippen molar-refractivity contribution < 1.29 is 0 Å². The molecule has 3 N–H and O–H groups in total. The monoisotopic (exact) mass is 418 g/mol. The highest BCUT2D eigenvalue weighted by Gasteiger charge is 2.20. The zero-order chi connectivity index (χ0) is 20.1. The van der Waals surface area contributed by atoms with E-state index in [4.69, 9.17) is 34.5 Å². The summed E-state index contributed by atoms with van der Waals surface area (Å²) in [6.45, 7) is 3.41. The van der Waals surface area contributed by atoms with Crippen molar-refractivity contribution in [2.75, 3.05) is 55.0 Å². The minimum Gasteiger partial charge on any atom is -0.375 e. The number of nitrogens with one attached hydrogen (secondary N) is 1. The average Bonchev–Trinajstić information content (AvgIpc) is 2.68. The first-order chi connectivity index (χ1) is 13.4. The van der Waals surface area contributed by atoms with E-state index < -0.39 is 0 Å². The molecule has 0 spiro atoms. The van der Waals surface area contributed by atoms with Crippen LogP contribution in [0.4, 0.5) is 17.5 Å². The minimum atomic E-state index is 0.109.